The Morgan fingerprint density at radius 2 is 1.82 bits per heavy atom. The number of benzene rings is 2. The highest BCUT2D eigenvalue weighted by molar-refractivity contribution is 5.90. The number of amides is 3. The van der Waals surface area contributed by atoms with E-state index in [1.165, 1.54) is 7.11 Å². The van der Waals surface area contributed by atoms with E-state index >= 15 is 0 Å². The minimum Gasteiger partial charge on any atom is -0.497 e. The number of rotatable bonds is 7. The zero-order chi connectivity index (χ0) is 27.1. The molecule has 3 amide bonds. The van der Waals surface area contributed by atoms with Gasteiger partial charge in [0.15, 0.2) is 0 Å². The quantitative estimate of drug-likeness (QED) is 0.430. The molecule has 4 rings (SSSR count). The van der Waals surface area contributed by atoms with Crippen LogP contribution in [0.4, 0.5) is 22.1 Å². The number of hydrogen-bond acceptors (Lipinski definition) is 8. The number of nitriles is 1. The van der Waals surface area contributed by atoms with Crippen molar-refractivity contribution < 1.29 is 19.1 Å². The van der Waals surface area contributed by atoms with Crippen molar-refractivity contribution in [2.45, 2.75) is 25.8 Å². The number of likely N-dealkylation sites (tertiary alicyclic amines) is 1. The molecule has 0 unspecified atom stereocenters. The van der Waals surface area contributed by atoms with E-state index in [-0.39, 0.29) is 18.0 Å². The van der Waals surface area contributed by atoms with Crippen molar-refractivity contribution in [2.24, 2.45) is 0 Å². The van der Waals surface area contributed by atoms with Crippen LogP contribution in [0.15, 0.2) is 48.7 Å². The van der Waals surface area contributed by atoms with Crippen LogP contribution in [0.1, 0.15) is 25.3 Å². The summed E-state index contributed by atoms with van der Waals surface area (Å²) in [6.45, 7) is 2.81. The molecule has 1 aliphatic heterocycles. The van der Waals surface area contributed by atoms with E-state index in [4.69, 9.17) is 9.47 Å². The Morgan fingerprint density at radius 1 is 1.05 bits per heavy atom. The molecule has 0 bridgehead atoms. The average Bonchev–Trinajstić information content (AvgIpc) is 2.92. The second kappa shape index (κ2) is 11.9. The number of methoxy groups -OCH3 is 2. The number of anilines is 3. The normalized spacial score (nSPS) is 13.3. The van der Waals surface area contributed by atoms with Crippen LogP contribution >= 0.6 is 0 Å². The van der Waals surface area contributed by atoms with Gasteiger partial charge in [0.25, 0.3) is 0 Å². The zero-order valence-electron chi connectivity index (χ0n) is 21.4. The molecule has 0 atom stereocenters. The summed E-state index contributed by atoms with van der Waals surface area (Å²) in [6.07, 6.45) is 3.02. The summed E-state index contributed by atoms with van der Waals surface area (Å²) in [4.78, 5) is 34.8. The predicted octanol–water partition coefficient (Wildman–Crippen LogP) is 3.91. The van der Waals surface area contributed by atoms with E-state index < -0.39 is 0 Å². The highest BCUT2D eigenvalue weighted by Crippen LogP contribution is 2.28. The Kier molecular flexibility index (Phi) is 8.23. The SMILES string of the molecule is COc1cc(NC(=O)NC2CCN(C(C)=O)CC2)cc(Nc2nccc(-c3ccc(OC)c(C#N)c3)n2)c1. The van der Waals surface area contributed by atoms with E-state index in [9.17, 15) is 14.9 Å². The van der Waals surface area contributed by atoms with Gasteiger partial charge in [-0.05, 0) is 43.2 Å². The standard InChI is InChI=1S/C27H29N7O4/c1-17(35)34-10-7-20(8-11-34)31-27(36)32-22-13-21(14-23(15-22)37-2)30-26-29-9-6-24(33-26)18-4-5-25(38-3)19(12-18)16-28/h4-6,9,12-15,20H,7-8,10-11H2,1-3H3,(H,29,30,33)(H2,31,32,36). The van der Waals surface area contributed by atoms with Crippen molar-refractivity contribution in [3.8, 4) is 28.8 Å². The second-order valence-electron chi connectivity index (χ2n) is 8.75. The fourth-order valence-electron chi connectivity index (χ4n) is 4.22. The Labute approximate surface area is 220 Å². The second-order valence-corrected chi connectivity index (χ2v) is 8.75. The summed E-state index contributed by atoms with van der Waals surface area (Å²) in [5.74, 6) is 1.41. The smallest absolute Gasteiger partial charge is 0.319 e. The molecule has 196 valence electrons. The molecule has 11 nitrogen and oxygen atoms in total. The van der Waals surface area contributed by atoms with Crippen LogP contribution in [0.2, 0.25) is 0 Å². The maximum atomic E-state index is 12.6. The van der Waals surface area contributed by atoms with E-state index in [1.54, 1.807) is 61.5 Å². The van der Waals surface area contributed by atoms with Gasteiger partial charge in [0.1, 0.15) is 17.6 Å². The number of carbonyl (C=O) groups is 2. The van der Waals surface area contributed by atoms with Gasteiger partial charge < -0.3 is 30.3 Å². The lowest BCUT2D eigenvalue weighted by atomic mass is 10.1. The third-order valence-electron chi connectivity index (χ3n) is 6.20. The van der Waals surface area contributed by atoms with Crippen molar-refractivity contribution in [2.75, 3.05) is 37.9 Å². The monoisotopic (exact) mass is 515 g/mol. The van der Waals surface area contributed by atoms with Gasteiger partial charge >= 0.3 is 6.03 Å². The summed E-state index contributed by atoms with van der Waals surface area (Å²) >= 11 is 0. The molecule has 1 aliphatic rings. The first-order valence-corrected chi connectivity index (χ1v) is 12.1. The first-order valence-electron chi connectivity index (χ1n) is 12.1. The first kappa shape index (κ1) is 26.2. The van der Waals surface area contributed by atoms with E-state index in [0.29, 0.717) is 66.0 Å². The maximum absolute atomic E-state index is 12.6. The minimum absolute atomic E-state index is 0.00977. The molecule has 3 N–H and O–H groups in total. The Hall–Kier alpha value is -4.85. The lowest BCUT2D eigenvalue weighted by molar-refractivity contribution is -0.129. The van der Waals surface area contributed by atoms with Crippen LogP contribution in [0.3, 0.4) is 0 Å². The number of urea groups is 1. The number of piperidine rings is 1. The third kappa shape index (κ3) is 6.47. The third-order valence-corrected chi connectivity index (χ3v) is 6.20. The van der Waals surface area contributed by atoms with Gasteiger partial charge in [0.2, 0.25) is 11.9 Å². The van der Waals surface area contributed by atoms with Gasteiger partial charge in [-0.25, -0.2) is 14.8 Å². The highest BCUT2D eigenvalue weighted by Gasteiger charge is 2.22. The van der Waals surface area contributed by atoms with E-state index in [0.717, 1.165) is 5.56 Å². The van der Waals surface area contributed by atoms with Crippen molar-refractivity contribution in [1.82, 2.24) is 20.2 Å². The Bertz CT molecular complexity index is 1360. The van der Waals surface area contributed by atoms with Crippen molar-refractivity contribution in [3.05, 3.63) is 54.2 Å². The van der Waals surface area contributed by atoms with Gasteiger partial charge in [-0.1, -0.05) is 0 Å². The van der Waals surface area contributed by atoms with Crippen molar-refractivity contribution in [1.29, 1.82) is 5.26 Å². The molecule has 0 spiro atoms. The number of ether oxygens (including phenoxy) is 2. The van der Waals surface area contributed by atoms with Crippen LogP contribution in [-0.2, 0) is 4.79 Å². The molecular formula is C27H29N7O4. The molecule has 1 fully saturated rings. The summed E-state index contributed by atoms with van der Waals surface area (Å²) in [6, 6.07) is 14.0. The van der Waals surface area contributed by atoms with Gasteiger partial charge in [-0.3, -0.25) is 4.79 Å². The van der Waals surface area contributed by atoms with Crippen LogP contribution in [0.25, 0.3) is 11.3 Å². The molecule has 3 aromatic rings. The molecular weight excluding hydrogens is 486 g/mol. The first-order chi connectivity index (χ1) is 18.4. The summed E-state index contributed by atoms with van der Waals surface area (Å²) in [5.41, 5.74) is 2.91. The fraction of sp³-hybridized carbons (Fsp3) is 0.296. The minimum atomic E-state index is -0.337. The number of hydrogen-bond donors (Lipinski definition) is 3. The average molecular weight is 516 g/mol. The number of carbonyl (C=O) groups excluding carboxylic acids is 2. The molecule has 0 radical (unpaired) electrons. The zero-order valence-corrected chi connectivity index (χ0v) is 21.4. The van der Waals surface area contributed by atoms with Crippen LogP contribution in [0, 0.1) is 11.3 Å². The van der Waals surface area contributed by atoms with Crippen molar-refractivity contribution >= 4 is 29.3 Å². The predicted molar refractivity (Wildman–Crippen MR) is 142 cm³/mol. The summed E-state index contributed by atoms with van der Waals surface area (Å²) in [7, 11) is 3.06. The van der Waals surface area contributed by atoms with E-state index in [1.807, 2.05) is 6.07 Å². The van der Waals surface area contributed by atoms with Crippen LogP contribution < -0.4 is 25.4 Å². The van der Waals surface area contributed by atoms with Gasteiger partial charge in [-0.2, -0.15) is 5.26 Å². The molecule has 1 aromatic heterocycles. The highest BCUT2D eigenvalue weighted by atomic mass is 16.5. The molecule has 11 heteroatoms. The Morgan fingerprint density at radius 3 is 2.50 bits per heavy atom. The molecule has 2 aromatic carbocycles. The summed E-state index contributed by atoms with van der Waals surface area (Å²) < 4.78 is 10.6. The van der Waals surface area contributed by atoms with Gasteiger partial charge in [-0.15, -0.1) is 0 Å². The lowest BCUT2D eigenvalue weighted by Gasteiger charge is -2.31. The molecule has 38 heavy (non-hydrogen) atoms. The van der Waals surface area contributed by atoms with Crippen LogP contribution in [0.5, 0.6) is 11.5 Å². The van der Waals surface area contributed by atoms with Crippen LogP contribution in [-0.4, -0.2) is 60.2 Å². The number of aromatic nitrogens is 2. The largest absolute Gasteiger partial charge is 0.497 e. The lowest BCUT2D eigenvalue weighted by Crippen LogP contribution is -2.47. The van der Waals surface area contributed by atoms with E-state index in [2.05, 4.69) is 32.0 Å². The molecule has 1 saturated heterocycles. The molecule has 2 heterocycles. The fourth-order valence-corrected chi connectivity index (χ4v) is 4.22. The van der Waals surface area contributed by atoms with Gasteiger partial charge in [0, 0.05) is 61.3 Å². The maximum Gasteiger partial charge on any atom is 0.319 e. The Balaban J connectivity index is 1.46. The molecule has 0 saturated carbocycles. The number of nitrogens with zero attached hydrogens (tertiary/aromatic N) is 4. The number of nitrogens with one attached hydrogen (secondary N) is 3. The van der Waals surface area contributed by atoms with Gasteiger partial charge in [0.05, 0.1) is 25.5 Å². The van der Waals surface area contributed by atoms with Crippen molar-refractivity contribution in [3.63, 3.8) is 0 Å². The topological polar surface area (TPSA) is 142 Å². The molecule has 0 aliphatic carbocycles. The summed E-state index contributed by atoms with van der Waals surface area (Å²) in [5, 5.41) is 18.4.